The highest BCUT2D eigenvalue weighted by molar-refractivity contribution is 6.31. The molecule has 0 bridgehead atoms. The molecule has 0 fully saturated rings. The zero-order chi connectivity index (χ0) is 13.8. The molecule has 0 aliphatic heterocycles. The van der Waals surface area contributed by atoms with Crippen LogP contribution in [0.2, 0.25) is 5.02 Å². The Hall–Kier alpha value is -0.570. The molecule has 0 aliphatic rings. The molecule has 0 saturated carbocycles. The molecular weight excluding hydrogens is 244 g/mol. The maximum absolute atomic E-state index is 6.21. The molecule has 0 saturated heterocycles. The minimum absolute atomic E-state index is 0.164. The van der Waals surface area contributed by atoms with Gasteiger partial charge in [-0.05, 0) is 51.8 Å². The molecule has 1 atom stereocenters. The number of halogens is 1. The first-order chi connectivity index (χ1) is 8.28. The van der Waals surface area contributed by atoms with Crippen molar-refractivity contribution in [1.29, 1.82) is 0 Å². The van der Waals surface area contributed by atoms with Gasteiger partial charge in [-0.2, -0.15) is 0 Å². The molecule has 0 radical (unpaired) electrons. The van der Waals surface area contributed by atoms with Crippen LogP contribution in [0.15, 0.2) is 18.2 Å². The van der Waals surface area contributed by atoms with E-state index in [1.165, 1.54) is 5.56 Å². The highest BCUT2D eigenvalue weighted by Gasteiger charge is 2.11. The summed E-state index contributed by atoms with van der Waals surface area (Å²) in [5, 5.41) is 7.82. The third kappa shape index (κ3) is 5.85. The molecule has 0 aromatic heterocycles. The van der Waals surface area contributed by atoms with Crippen LogP contribution in [0.4, 0.5) is 0 Å². The van der Waals surface area contributed by atoms with Crippen molar-refractivity contribution in [2.75, 3.05) is 6.54 Å². The van der Waals surface area contributed by atoms with Crippen LogP contribution < -0.4 is 10.6 Å². The maximum atomic E-state index is 6.21. The van der Waals surface area contributed by atoms with E-state index in [9.17, 15) is 0 Å². The second kappa shape index (κ2) is 6.55. The predicted octanol–water partition coefficient (Wildman–Crippen LogP) is 3.51. The van der Waals surface area contributed by atoms with Gasteiger partial charge in [-0.3, -0.25) is 0 Å². The van der Waals surface area contributed by atoms with E-state index in [2.05, 4.69) is 57.4 Å². The van der Waals surface area contributed by atoms with Crippen molar-refractivity contribution in [3.63, 3.8) is 0 Å². The number of hydrogen-bond donors (Lipinski definition) is 2. The number of rotatable bonds is 5. The van der Waals surface area contributed by atoms with Gasteiger partial charge in [0.2, 0.25) is 0 Å². The van der Waals surface area contributed by atoms with Crippen LogP contribution in [0, 0.1) is 6.92 Å². The van der Waals surface area contributed by atoms with E-state index in [-0.39, 0.29) is 5.54 Å². The normalized spacial score (nSPS) is 13.7. The standard InChI is InChI=1S/C15H25ClN2/c1-11-6-7-13(14(16)8-11)10-17-12(2)9-18-15(3,4)5/h6-8,12,17-18H,9-10H2,1-5H3. The van der Waals surface area contributed by atoms with Crippen molar-refractivity contribution in [3.8, 4) is 0 Å². The molecule has 0 spiro atoms. The minimum atomic E-state index is 0.164. The smallest absolute Gasteiger partial charge is 0.0453 e. The second-order valence-electron chi connectivity index (χ2n) is 6.01. The van der Waals surface area contributed by atoms with E-state index < -0.39 is 0 Å². The van der Waals surface area contributed by atoms with Crippen molar-refractivity contribution in [2.24, 2.45) is 0 Å². The van der Waals surface area contributed by atoms with E-state index in [1.54, 1.807) is 0 Å². The number of aryl methyl sites for hydroxylation is 1. The third-order valence-corrected chi connectivity index (χ3v) is 3.14. The summed E-state index contributed by atoms with van der Waals surface area (Å²) in [4.78, 5) is 0. The second-order valence-corrected chi connectivity index (χ2v) is 6.41. The summed E-state index contributed by atoms with van der Waals surface area (Å²) in [7, 11) is 0. The molecule has 2 nitrogen and oxygen atoms in total. The fourth-order valence-corrected chi connectivity index (χ4v) is 1.91. The number of benzene rings is 1. The summed E-state index contributed by atoms with van der Waals surface area (Å²) in [5.74, 6) is 0. The molecule has 2 N–H and O–H groups in total. The van der Waals surface area contributed by atoms with Gasteiger partial charge in [-0.25, -0.2) is 0 Å². The Kier molecular flexibility index (Phi) is 5.64. The highest BCUT2D eigenvalue weighted by Crippen LogP contribution is 2.17. The van der Waals surface area contributed by atoms with Crippen LogP contribution in [0.3, 0.4) is 0 Å². The Morgan fingerprint density at radius 1 is 1.28 bits per heavy atom. The zero-order valence-electron chi connectivity index (χ0n) is 12.1. The Labute approximate surface area is 116 Å². The monoisotopic (exact) mass is 268 g/mol. The van der Waals surface area contributed by atoms with Gasteiger partial charge in [0.25, 0.3) is 0 Å². The molecule has 18 heavy (non-hydrogen) atoms. The fourth-order valence-electron chi connectivity index (χ4n) is 1.61. The molecular formula is C15H25ClN2. The van der Waals surface area contributed by atoms with Crippen LogP contribution in [-0.4, -0.2) is 18.1 Å². The van der Waals surface area contributed by atoms with E-state index in [1.807, 2.05) is 6.07 Å². The summed E-state index contributed by atoms with van der Waals surface area (Å²) in [6.45, 7) is 12.5. The van der Waals surface area contributed by atoms with Gasteiger partial charge in [-0.1, -0.05) is 23.7 Å². The maximum Gasteiger partial charge on any atom is 0.0453 e. The van der Waals surface area contributed by atoms with Crippen molar-refractivity contribution in [1.82, 2.24) is 10.6 Å². The Morgan fingerprint density at radius 2 is 1.94 bits per heavy atom. The average Bonchev–Trinajstić information content (AvgIpc) is 2.24. The summed E-state index contributed by atoms with van der Waals surface area (Å²) >= 11 is 6.21. The lowest BCUT2D eigenvalue weighted by molar-refractivity contribution is 0.387. The molecule has 0 aliphatic carbocycles. The quantitative estimate of drug-likeness (QED) is 0.854. The number of nitrogens with one attached hydrogen (secondary N) is 2. The third-order valence-electron chi connectivity index (χ3n) is 2.79. The zero-order valence-corrected chi connectivity index (χ0v) is 12.9. The van der Waals surface area contributed by atoms with Gasteiger partial charge in [0.1, 0.15) is 0 Å². The first-order valence-electron chi connectivity index (χ1n) is 6.51. The van der Waals surface area contributed by atoms with Gasteiger partial charge in [-0.15, -0.1) is 0 Å². The Bertz CT molecular complexity index is 383. The van der Waals surface area contributed by atoms with E-state index in [4.69, 9.17) is 11.6 Å². The lowest BCUT2D eigenvalue weighted by Gasteiger charge is -2.24. The van der Waals surface area contributed by atoms with Crippen LogP contribution in [0.25, 0.3) is 0 Å². The summed E-state index contributed by atoms with van der Waals surface area (Å²) in [6, 6.07) is 6.62. The number of hydrogen-bond acceptors (Lipinski definition) is 2. The van der Waals surface area contributed by atoms with Gasteiger partial charge >= 0.3 is 0 Å². The molecule has 0 heterocycles. The van der Waals surface area contributed by atoms with Crippen molar-refractivity contribution < 1.29 is 0 Å². The van der Waals surface area contributed by atoms with Crippen molar-refractivity contribution in [2.45, 2.75) is 52.7 Å². The lowest BCUT2D eigenvalue weighted by atomic mass is 10.1. The van der Waals surface area contributed by atoms with Gasteiger partial charge in [0, 0.05) is 29.7 Å². The Morgan fingerprint density at radius 3 is 2.50 bits per heavy atom. The first kappa shape index (κ1) is 15.5. The summed E-state index contributed by atoms with van der Waals surface area (Å²) < 4.78 is 0. The molecule has 1 aromatic carbocycles. The summed E-state index contributed by atoms with van der Waals surface area (Å²) in [6.07, 6.45) is 0. The van der Waals surface area contributed by atoms with Crippen LogP contribution >= 0.6 is 11.6 Å². The largest absolute Gasteiger partial charge is 0.311 e. The van der Waals surface area contributed by atoms with E-state index in [0.717, 1.165) is 23.7 Å². The fraction of sp³-hybridized carbons (Fsp3) is 0.600. The topological polar surface area (TPSA) is 24.1 Å². The Balaban J connectivity index is 2.40. The lowest BCUT2D eigenvalue weighted by Crippen LogP contribution is -2.44. The molecule has 1 unspecified atom stereocenters. The van der Waals surface area contributed by atoms with E-state index >= 15 is 0 Å². The van der Waals surface area contributed by atoms with Crippen LogP contribution in [0.1, 0.15) is 38.8 Å². The molecule has 102 valence electrons. The van der Waals surface area contributed by atoms with Crippen LogP contribution in [0.5, 0.6) is 0 Å². The molecule has 1 rings (SSSR count). The SMILES string of the molecule is Cc1ccc(CNC(C)CNC(C)(C)C)c(Cl)c1. The van der Waals surface area contributed by atoms with Gasteiger partial charge in [0.15, 0.2) is 0 Å². The van der Waals surface area contributed by atoms with Crippen molar-refractivity contribution >= 4 is 11.6 Å². The highest BCUT2D eigenvalue weighted by atomic mass is 35.5. The van der Waals surface area contributed by atoms with Crippen molar-refractivity contribution in [3.05, 3.63) is 34.3 Å². The minimum Gasteiger partial charge on any atom is -0.311 e. The first-order valence-corrected chi connectivity index (χ1v) is 6.89. The average molecular weight is 269 g/mol. The summed E-state index contributed by atoms with van der Waals surface area (Å²) in [5.41, 5.74) is 2.52. The van der Waals surface area contributed by atoms with Gasteiger partial charge in [0.05, 0.1) is 0 Å². The molecule has 1 aromatic rings. The van der Waals surface area contributed by atoms with E-state index in [0.29, 0.717) is 6.04 Å². The molecule has 3 heteroatoms. The van der Waals surface area contributed by atoms with Gasteiger partial charge < -0.3 is 10.6 Å². The molecule has 0 amide bonds. The van der Waals surface area contributed by atoms with Crippen LogP contribution in [-0.2, 0) is 6.54 Å². The predicted molar refractivity (Wildman–Crippen MR) is 80.2 cm³/mol.